The van der Waals surface area contributed by atoms with Crippen LogP contribution in [0.15, 0.2) is 24.4 Å². The number of rotatable bonds is 9. The quantitative estimate of drug-likeness (QED) is 0.288. The smallest absolute Gasteiger partial charge is 0.261 e. The molecule has 204 valence electrons. The Bertz CT molecular complexity index is 1360. The number of carbonyl (C=O) groups is 2. The first-order chi connectivity index (χ1) is 18.9. The van der Waals surface area contributed by atoms with E-state index in [4.69, 9.17) is 0 Å². The molecule has 4 heterocycles. The Morgan fingerprint density at radius 1 is 1.18 bits per heavy atom. The summed E-state index contributed by atoms with van der Waals surface area (Å²) in [5, 5.41) is 33.9. The fourth-order valence-corrected chi connectivity index (χ4v) is 8.02. The average molecular weight is 566 g/mol. The lowest BCUT2D eigenvalue weighted by Crippen LogP contribution is -2.37. The van der Waals surface area contributed by atoms with Crippen LogP contribution in [0.25, 0.3) is 0 Å². The maximum atomic E-state index is 12.7. The Morgan fingerprint density at radius 3 is 2.36 bits per heavy atom. The number of aromatic amines is 1. The van der Waals surface area contributed by atoms with Gasteiger partial charge in [-0.1, -0.05) is 11.8 Å². The number of amides is 2. The predicted molar refractivity (Wildman–Crippen MR) is 149 cm³/mol. The molecule has 13 heteroatoms. The first-order valence-corrected chi connectivity index (χ1v) is 14.6. The van der Waals surface area contributed by atoms with Crippen LogP contribution in [0.3, 0.4) is 0 Å². The van der Waals surface area contributed by atoms with Gasteiger partial charge in [0.25, 0.3) is 11.8 Å². The van der Waals surface area contributed by atoms with Crippen LogP contribution in [0.4, 0.5) is 0 Å². The summed E-state index contributed by atoms with van der Waals surface area (Å²) >= 11 is 2.98. The second-order valence-electron chi connectivity index (χ2n) is 9.67. The molecule has 4 N–H and O–H groups in total. The van der Waals surface area contributed by atoms with Gasteiger partial charge in [-0.25, -0.2) is 0 Å². The molecular weight excluding hydrogens is 534 g/mol. The lowest BCUT2D eigenvalue weighted by Gasteiger charge is -2.32. The molecule has 11 nitrogen and oxygen atoms in total. The molecule has 0 bridgehead atoms. The Hall–Kier alpha value is -3.60. The second-order valence-corrected chi connectivity index (χ2v) is 11.9. The van der Waals surface area contributed by atoms with Crippen molar-refractivity contribution in [3.63, 3.8) is 0 Å². The highest BCUT2D eigenvalue weighted by atomic mass is 32.1. The van der Waals surface area contributed by atoms with Gasteiger partial charge in [-0.2, -0.15) is 10.5 Å². The van der Waals surface area contributed by atoms with Crippen molar-refractivity contribution >= 4 is 34.5 Å². The number of likely N-dealkylation sites (tertiary alicyclic amines) is 1. The van der Waals surface area contributed by atoms with E-state index in [0.29, 0.717) is 35.1 Å². The Labute approximate surface area is 234 Å². The van der Waals surface area contributed by atoms with Crippen LogP contribution in [-0.4, -0.2) is 77.1 Å². The highest BCUT2D eigenvalue weighted by Crippen LogP contribution is 2.50. The van der Waals surface area contributed by atoms with Crippen LogP contribution in [0.1, 0.15) is 65.3 Å². The van der Waals surface area contributed by atoms with Gasteiger partial charge in [0.2, 0.25) is 0 Å². The van der Waals surface area contributed by atoms with Gasteiger partial charge in [0.05, 0.1) is 21.2 Å². The summed E-state index contributed by atoms with van der Waals surface area (Å²) in [6, 6.07) is 6.14. The fraction of sp³-hybridized carbons (Fsp3) is 0.462. The molecule has 1 aliphatic carbocycles. The van der Waals surface area contributed by atoms with Crippen LogP contribution in [0.5, 0.6) is 0 Å². The zero-order valence-corrected chi connectivity index (χ0v) is 23.6. The molecule has 39 heavy (non-hydrogen) atoms. The van der Waals surface area contributed by atoms with Crippen molar-refractivity contribution in [3.05, 3.63) is 60.9 Å². The number of nitrogens with one attached hydrogen (secondary N) is 4. The molecule has 2 aliphatic rings. The minimum Gasteiger partial charge on any atom is -0.358 e. The van der Waals surface area contributed by atoms with E-state index in [1.807, 2.05) is 12.1 Å². The molecule has 0 spiro atoms. The number of tetrazole rings is 1. The number of aromatic nitrogens is 4. The van der Waals surface area contributed by atoms with Gasteiger partial charge in [-0.05, 0) is 61.9 Å². The summed E-state index contributed by atoms with van der Waals surface area (Å²) in [7, 11) is 3.25. The Balaban J connectivity index is 1.53. The summed E-state index contributed by atoms with van der Waals surface area (Å²) in [5.74, 6) is 0.219. The maximum Gasteiger partial charge on any atom is 0.261 e. The molecule has 1 aliphatic heterocycles. The topological polar surface area (TPSA) is 152 Å². The first kappa shape index (κ1) is 27.0. The van der Waals surface area contributed by atoms with Crippen molar-refractivity contribution in [2.75, 3.05) is 33.7 Å². The number of nitriles is 1. The van der Waals surface area contributed by atoms with Crippen LogP contribution in [0.2, 0.25) is 0 Å². The summed E-state index contributed by atoms with van der Waals surface area (Å²) in [6.45, 7) is 6.18. The summed E-state index contributed by atoms with van der Waals surface area (Å²) in [4.78, 5) is 30.8. The van der Waals surface area contributed by atoms with Gasteiger partial charge < -0.3 is 20.9 Å². The van der Waals surface area contributed by atoms with Crippen LogP contribution in [-0.2, 0) is 18.3 Å². The zero-order valence-electron chi connectivity index (χ0n) is 22.0. The number of H-pyrrole nitrogens is 1. The van der Waals surface area contributed by atoms with E-state index in [9.17, 15) is 14.9 Å². The van der Waals surface area contributed by atoms with E-state index in [0.717, 1.165) is 58.8 Å². The van der Waals surface area contributed by atoms with E-state index in [1.165, 1.54) is 22.7 Å². The van der Waals surface area contributed by atoms with E-state index in [-0.39, 0.29) is 17.9 Å². The number of hydrogen-bond donors (Lipinski definition) is 4. The monoisotopic (exact) mass is 565 g/mol. The maximum absolute atomic E-state index is 12.7. The number of hydrogen-bond acceptors (Lipinski definition) is 10. The minimum absolute atomic E-state index is 0.125. The number of fused-ring (bicyclic) bond motifs is 2. The van der Waals surface area contributed by atoms with Gasteiger partial charge in [-0.3, -0.25) is 9.59 Å². The molecule has 0 radical (unpaired) electrons. The number of carbonyl (C=O) groups excluding carboxylic acids is 2. The Morgan fingerprint density at radius 2 is 1.82 bits per heavy atom. The summed E-state index contributed by atoms with van der Waals surface area (Å²) in [6.07, 6.45) is 3.90. The van der Waals surface area contributed by atoms with E-state index in [2.05, 4.69) is 54.1 Å². The molecule has 1 unspecified atom stereocenters. The molecule has 3 aromatic rings. The first-order valence-electron chi connectivity index (χ1n) is 12.9. The third-order valence-electron chi connectivity index (χ3n) is 7.56. The molecule has 1 fully saturated rings. The van der Waals surface area contributed by atoms with Crippen LogP contribution < -0.4 is 16.0 Å². The van der Waals surface area contributed by atoms with Crippen molar-refractivity contribution < 1.29 is 9.59 Å². The standard InChI is InChI=1S/C26H31N9O2S2/c1-15(35-10-4-5-16(35)13-27)14-30-9-8-26(25-31-33-34-32-25)17-11-21(23(36)28-2)38-19(17)6-7-20-18(26)12-22(39-20)24(37)29-3/h11-12,16,30H,1,4-10,14H2,2-3H3,(H,28,36)(H,29,37)(H,31,32,33,34). The predicted octanol–water partition coefficient (Wildman–Crippen LogP) is 1.96. The third-order valence-corrected chi connectivity index (χ3v) is 9.95. The minimum atomic E-state index is -0.823. The molecule has 2 amide bonds. The van der Waals surface area contributed by atoms with Crippen LogP contribution in [0, 0.1) is 11.3 Å². The molecule has 3 aromatic heterocycles. The number of thiophene rings is 2. The van der Waals surface area contributed by atoms with Gasteiger partial charge in [0, 0.05) is 42.6 Å². The van der Waals surface area contributed by atoms with E-state index in [1.54, 1.807) is 14.1 Å². The van der Waals surface area contributed by atoms with E-state index >= 15 is 0 Å². The normalized spacial score (nSPS) is 17.6. The fourth-order valence-electron chi connectivity index (χ4n) is 5.65. The van der Waals surface area contributed by atoms with Crippen molar-refractivity contribution in [2.24, 2.45) is 0 Å². The molecular formula is C26H31N9O2S2. The van der Waals surface area contributed by atoms with Crippen molar-refractivity contribution in [2.45, 2.75) is 43.6 Å². The molecule has 0 saturated carbocycles. The van der Waals surface area contributed by atoms with Gasteiger partial charge in [0.15, 0.2) is 5.82 Å². The summed E-state index contributed by atoms with van der Waals surface area (Å²) < 4.78 is 0. The molecule has 5 rings (SSSR count). The van der Waals surface area contributed by atoms with E-state index < -0.39 is 5.41 Å². The Kier molecular flexibility index (Phi) is 7.79. The second kappa shape index (κ2) is 11.3. The molecule has 1 atom stereocenters. The molecule has 1 saturated heterocycles. The zero-order chi connectivity index (χ0) is 27.6. The highest BCUT2D eigenvalue weighted by Gasteiger charge is 2.46. The lowest BCUT2D eigenvalue weighted by molar-refractivity contribution is 0.0959. The van der Waals surface area contributed by atoms with Gasteiger partial charge in [0.1, 0.15) is 6.04 Å². The largest absolute Gasteiger partial charge is 0.358 e. The third kappa shape index (κ3) is 4.84. The summed E-state index contributed by atoms with van der Waals surface area (Å²) in [5.41, 5.74) is 2.01. The van der Waals surface area contributed by atoms with Crippen molar-refractivity contribution in [1.29, 1.82) is 5.26 Å². The number of nitrogens with zero attached hydrogens (tertiary/aromatic N) is 5. The lowest BCUT2D eigenvalue weighted by atomic mass is 9.71. The van der Waals surface area contributed by atoms with Gasteiger partial charge in [-0.15, -0.1) is 32.9 Å². The number of aryl methyl sites for hydroxylation is 2. The SMILES string of the molecule is C=C(CNCCC1(c2nn[nH]n2)c2cc(C(=O)NC)sc2CCc2sc(C(=O)NC)cc21)N1CCCC1C#N. The average Bonchev–Trinajstić information content (AvgIpc) is 3.77. The molecule has 0 aromatic carbocycles. The van der Waals surface area contributed by atoms with Crippen LogP contribution >= 0.6 is 22.7 Å². The van der Waals surface area contributed by atoms with Crippen molar-refractivity contribution in [3.8, 4) is 6.07 Å². The van der Waals surface area contributed by atoms with Gasteiger partial charge >= 0.3 is 0 Å². The highest BCUT2D eigenvalue weighted by molar-refractivity contribution is 7.15. The van der Waals surface area contributed by atoms with Crippen molar-refractivity contribution in [1.82, 2.24) is 41.5 Å².